The van der Waals surface area contributed by atoms with Crippen molar-refractivity contribution < 1.29 is 9.47 Å². The van der Waals surface area contributed by atoms with Crippen LogP contribution in [-0.4, -0.2) is 19.8 Å². The van der Waals surface area contributed by atoms with Crippen LogP contribution in [-0.2, 0) is 0 Å². The third-order valence-corrected chi connectivity index (χ3v) is 3.69. The van der Waals surface area contributed by atoms with Gasteiger partial charge in [0.05, 0.1) is 13.2 Å². The number of nitrogens with one attached hydrogen (secondary N) is 1. The Kier molecular flexibility index (Phi) is 5.72. The van der Waals surface area contributed by atoms with Gasteiger partial charge in [-0.25, -0.2) is 0 Å². The summed E-state index contributed by atoms with van der Waals surface area (Å²) in [6.07, 6.45) is 4.00. The zero-order valence-corrected chi connectivity index (χ0v) is 12.9. The molecule has 1 unspecified atom stereocenters. The predicted molar refractivity (Wildman–Crippen MR) is 82.5 cm³/mol. The number of hydrogen-bond acceptors (Lipinski definition) is 3. The second-order valence-electron chi connectivity index (χ2n) is 5.36. The Balaban J connectivity index is 2.17. The Hall–Kier alpha value is -1.22. The van der Waals surface area contributed by atoms with E-state index in [4.69, 9.17) is 9.47 Å². The molecule has 0 aliphatic heterocycles. The molecule has 1 aromatic rings. The zero-order chi connectivity index (χ0) is 14.4. The van der Waals surface area contributed by atoms with Gasteiger partial charge in [0, 0.05) is 6.04 Å². The van der Waals surface area contributed by atoms with Crippen molar-refractivity contribution in [2.45, 2.75) is 46.1 Å². The van der Waals surface area contributed by atoms with Crippen molar-refractivity contribution in [2.24, 2.45) is 5.92 Å². The van der Waals surface area contributed by atoms with Crippen molar-refractivity contribution in [1.29, 1.82) is 0 Å². The van der Waals surface area contributed by atoms with Gasteiger partial charge in [-0.15, -0.1) is 0 Å². The second-order valence-corrected chi connectivity index (χ2v) is 5.36. The highest BCUT2D eigenvalue weighted by atomic mass is 16.5. The highest BCUT2D eigenvalue weighted by molar-refractivity contribution is 5.44. The van der Waals surface area contributed by atoms with E-state index in [0.717, 1.165) is 24.0 Å². The third-order valence-electron chi connectivity index (χ3n) is 3.69. The second kappa shape index (κ2) is 7.53. The normalized spacial score (nSPS) is 15.9. The summed E-state index contributed by atoms with van der Waals surface area (Å²) in [7, 11) is 0. The molecule has 1 aromatic carbocycles. The van der Waals surface area contributed by atoms with Gasteiger partial charge in [-0.1, -0.05) is 25.8 Å². The molecule has 112 valence electrons. The number of rotatable bonds is 9. The highest BCUT2D eigenvalue weighted by Gasteiger charge is 2.26. The van der Waals surface area contributed by atoms with E-state index >= 15 is 0 Å². The minimum Gasteiger partial charge on any atom is -0.490 e. The number of benzene rings is 1. The van der Waals surface area contributed by atoms with E-state index < -0.39 is 0 Å². The van der Waals surface area contributed by atoms with Crippen LogP contribution < -0.4 is 14.8 Å². The van der Waals surface area contributed by atoms with Crippen LogP contribution in [0.25, 0.3) is 0 Å². The van der Waals surface area contributed by atoms with Gasteiger partial charge >= 0.3 is 0 Å². The summed E-state index contributed by atoms with van der Waals surface area (Å²) in [5.41, 5.74) is 1.31. The van der Waals surface area contributed by atoms with E-state index in [9.17, 15) is 0 Å². The van der Waals surface area contributed by atoms with Crippen molar-refractivity contribution in [2.75, 3.05) is 19.8 Å². The van der Waals surface area contributed by atoms with Crippen molar-refractivity contribution >= 4 is 0 Å². The number of hydrogen-bond donors (Lipinski definition) is 1. The molecular weight excluding hydrogens is 250 g/mol. The van der Waals surface area contributed by atoms with Crippen LogP contribution in [0.4, 0.5) is 0 Å². The first-order valence-electron chi connectivity index (χ1n) is 7.91. The van der Waals surface area contributed by atoms with E-state index in [1.54, 1.807) is 0 Å². The maximum atomic E-state index is 5.73. The lowest BCUT2D eigenvalue weighted by Gasteiger charge is -2.20. The summed E-state index contributed by atoms with van der Waals surface area (Å²) < 4.78 is 11.4. The molecule has 1 aliphatic carbocycles. The molecule has 3 heteroatoms. The average Bonchev–Trinajstić information content (AvgIpc) is 3.25. The largest absolute Gasteiger partial charge is 0.490 e. The Bertz CT molecular complexity index is 415. The predicted octanol–water partition coefficient (Wildman–Crippen LogP) is 3.93. The molecular formula is C17H27NO2. The van der Waals surface area contributed by atoms with Gasteiger partial charge in [-0.3, -0.25) is 0 Å². The summed E-state index contributed by atoms with van der Waals surface area (Å²) in [6, 6.07) is 6.79. The molecule has 0 heterocycles. The molecule has 20 heavy (non-hydrogen) atoms. The lowest BCUT2D eigenvalue weighted by atomic mass is 10.0. The fraction of sp³-hybridized carbons (Fsp3) is 0.647. The average molecular weight is 277 g/mol. The third kappa shape index (κ3) is 4.14. The van der Waals surface area contributed by atoms with Crippen molar-refractivity contribution in [3.8, 4) is 11.5 Å². The summed E-state index contributed by atoms with van der Waals surface area (Å²) >= 11 is 0. The van der Waals surface area contributed by atoms with Crippen LogP contribution >= 0.6 is 0 Å². The molecule has 3 nitrogen and oxygen atoms in total. The van der Waals surface area contributed by atoms with Gasteiger partial charge in [-0.05, 0) is 50.4 Å². The molecule has 2 rings (SSSR count). The van der Waals surface area contributed by atoms with Gasteiger partial charge < -0.3 is 14.8 Å². The van der Waals surface area contributed by atoms with Crippen LogP contribution in [0.1, 0.15) is 51.6 Å². The number of ether oxygens (including phenoxy) is 2. The van der Waals surface area contributed by atoms with Gasteiger partial charge in [0.1, 0.15) is 0 Å². The SMILES string of the molecule is CCNC(CC1CC1)c1ccc(OCC)c(OCC)c1. The molecule has 0 amide bonds. The zero-order valence-electron chi connectivity index (χ0n) is 12.9. The molecule has 0 bridgehead atoms. The quantitative estimate of drug-likeness (QED) is 0.741. The Morgan fingerprint density at radius 3 is 2.40 bits per heavy atom. The Morgan fingerprint density at radius 2 is 1.80 bits per heavy atom. The summed E-state index contributed by atoms with van der Waals surface area (Å²) in [5, 5.41) is 3.59. The van der Waals surface area contributed by atoms with Crippen molar-refractivity contribution in [1.82, 2.24) is 5.32 Å². The first kappa shape index (κ1) is 15.2. The lowest BCUT2D eigenvalue weighted by Crippen LogP contribution is -2.21. The molecule has 1 fully saturated rings. The topological polar surface area (TPSA) is 30.5 Å². The molecule has 1 saturated carbocycles. The Labute approximate surface area is 122 Å². The van der Waals surface area contributed by atoms with E-state index in [2.05, 4.69) is 24.4 Å². The van der Waals surface area contributed by atoms with E-state index in [1.807, 2.05) is 19.9 Å². The van der Waals surface area contributed by atoms with Gasteiger partial charge in [0.2, 0.25) is 0 Å². The first-order chi connectivity index (χ1) is 9.78. The van der Waals surface area contributed by atoms with Crippen LogP contribution in [0.15, 0.2) is 18.2 Å². The van der Waals surface area contributed by atoms with E-state index in [1.165, 1.54) is 24.8 Å². The van der Waals surface area contributed by atoms with Crippen molar-refractivity contribution in [3.05, 3.63) is 23.8 Å². The molecule has 0 radical (unpaired) electrons. The molecule has 1 aliphatic rings. The van der Waals surface area contributed by atoms with Crippen molar-refractivity contribution in [3.63, 3.8) is 0 Å². The molecule has 0 aromatic heterocycles. The van der Waals surface area contributed by atoms with Crippen LogP contribution in [0.3, 0.4) is 0 Å². The maximum absolute atomic E-state index is 5.73. The molecule has 0 spiro atoms. The standard InChI is InChI=1S/C17H27NO2/c1-4-18-15(11-13-7-8-13)14-9-10-16(19-5-2)17(12-14)20-6-3/h9-10,12-13,15,18H,4-8,11H2,1-3H3. The van der Waals surface area contributed by atoms with E-state index in [-0.39, 0.29) is 0 Å². The molecule has 1 atom stereocenters. The molecule has 1 N–H and O–H groups in total. The Morgan fingerprint density at radius 1 is 1.10 bits per heavy atom. The summed E-state index contributed by atoms with van der Waals surface area (Å²) in [6.45, 7) is 8.50. The summed E-state index contributed by atoms with van der Waals surface area (Å²) in [4.78, 5) is 0. The fourth-order valence-corrected chi connectivity index (χ4v) is 2.56. The summed E-state index contributed by atoms with van der Waals surface area (Å²) in [5.74, 6) is 2.62. The van der Waals surface area contributed by atoms with Crippen LogP contribution in [0.5, 0.6) is 11.5 Å². The van der Waals surface area contributed by atoms with Crippen LogP contribution in [0, 0.1) is 5.92 Å². The monoisotopic (exact) mass is 277 g/mol. The van der Waals surface area contributed by atoms with Crippen LogP contribution in [0.2, 0.25) is 0 Å². The van der Waals surface area contributed by atoms with E-state index in [0.29, 0.717) is 19.3 Å². The smallest absolute Gasteiger partial charge is 0.161 e. The fourth-order valence-electron chi connectivity index (χ4n) is 2.56. The van der Waals surface area contributed by atoms with Gasteiger partial charge in [0.15, 0.2) is 11.5 Å². The highest BCUT2D eigenvalue weighted by Crippen LogP contribution is 2.39. The van der Waals surface area contributed by atoms with Gasteiger partial charge in [0.25, 0.3) is 0 Å². The maximum Gasteiger partial charge on any atom is 0.161 e. The first-order valence-corrected chi connectivity index (χ1v) is 7.91. The molecule has 0 saturated heterocycles. The lowest BCUT2D eigenvalue weighted by molar-refractivity contribution is 0.287. The minimum absolute atomic E-state index is 0.433. The minimum atomic E-state index is 0.433. The van der Waals surface area contributed by atoms with Gasteiger partial charge in [-0.2, -0.15) is 0 Å².